The van der Waals surface area contributed by atoms with Crippen LogP contribution < -0.4 is 19.6 Å². The predicted octanol–water partition coefficient (Wildman–Crippen LogP) is 2.89. The van der Waals surface area contributed by atoms with E-state index in [2.05, 4.69) is 4.99 Å². The van der Waals surface area contributed by atoms with Gasteiger partial charge in [-0.1, -0.05) is 35.6 Å². The maximum absolute atomic E-state index is 13.6. The van der Waals surface area contributed by atoms with Crippen molar-refractivity contribution in [2.75, 3.05) is 7.11 Å². The number of fused-ring (bicyclic) bond motifs is 1. The number of aromatic nitrogens is 1. The summed E-state index contributed by atoms with van der Waals surface area (Å²) >= 11 is 1.20. The van der Waals surface area contributed by atoms with Crippen LogP contribution in [-0.2, 0) is 9.53 Å². The van der Waals surface area contributed by atoms with Gasteiger partial charge in [0.15, 0.2) is 4.80 Å². The molecular weight excluding hydrogens is 468 g/mol. The Morgan fingerprint density at radius 3 is 2.51 bits per heavy atom. The van der Waals surface area contributed by atoms with Gasteiger partial charge in [0, 0.05) is 0 Å². The molecule has 1 aromatic heterocycles. The largest absolute Gasteiger partial charge is 0.497 e. The Hall–Kier alpha value is -3.98. The summed E-state index contributed by atoms with van der Waals surface area (Å²) in [6, 6.07) is 12.7. The number of benzene rings is 2. The van der Waals surface area contributed by atoms with Crippen LogP contribution in [0.2, 0.25) is 0 Å². The van der Waals surface area contributed by atoms with Crippen molar-refractivity contribution in [1.29, 1.82) is 0 Å². The van der Waals surface area contributed by atoms with E-state index in [0.29, 0.717) is 31.9 Å². The van der Waals surface area contributed by atoms with Crippen LogP contribution in [0.15, 0.2) is 69.6 Å². The van der Waals surface area contributed by atoms with Crippen LogP contribution in [0.5, 0.6) is 5.75 Å². The molecule has 35 heavy (non-hydrogen) atoms. The van der Waals surface area contributed by atoms with Gasteiger partial charge >= 0.3 is 11.9 Å². The van der Waals surface area contributed by atoms with Crippen molar-refractivity contribution in [1.82, 2.24) is 4.57 Å². The van der Waals surface area contributed by atoms with E-state index < -0.39 is 18.0 Å². The zero-order valence-electron chi connectivity index (χ0n) is 19.6. The summed E-state index contributed by atoms with van der Waals surface area (Å²) in [4.78, 5) is 42.9. The number of allylic oxidation sites excluding steroid dienone is 1. The normalized spacial score (nSPS) is 15.6. The van der Waals surface area contributed by atoms with Crippen LogP contribution in [0.25, 0.3) is 6.08 Å². The van der Waals surface area contributed by atoms with Gasteiger partial charge in [0.05, 0.1) is 40.6 Å². The number of carbonyl (C=O) groups excluding carboxylic acids is 1. The molecule has 0 spiro atoms. The van der Waals surface area contributed by atoms with Crippen molar-refractivity contribution in [3.63, 3.8) is 0 Å². The lowest BCUT2D eigenvalue weighted by Crippen LogP contribution is -2.40. The monoisotopic (exact) mass is 492 g/mol. The van der Waals surface area contributed by atoms with Crippen molar-refractivity contribution >= 4 is 29.4 Å². The van der Waals surface area contributed by atoms with Crippen LogP contribution in [0.4, 0.5) is 0 Å². The Balaban J connectivity index is 1.91. The number of hydrogen-bond acceptors (Lipinski definition) is 7. The minimum Gasteiger partial charge on any atom is -0.497 e. The zero-order chi connectivity index (χ0) is 25.3. The fourth-order valence-corrected chi connectivity index (χ4v) is 4.91. The van der Waals surface area contributed by atoms with Crippen LogP contribution >= 0.6 is 11.3 Å². The van der Waals surface area contributed by atoms with E-state index in [1.165, 1.54) is 28.0 Å². The van der Waals surface area contributed by atoms with E-state index in [1.807, 2.05) is 6.07 Å². The third-order valence-electron chi connectivity index (χ3n) is 5.45. The number of rotatable bonds is 6. The van der Waals surface area contributed by atoms with E-state index >= 15 is 0 Å². The van der Waals surface area contributed by atoms with E-state index in [0.717, 1.165) is 0 Å². The molecule has 1 aliphatic rings. The van der Waals surface area contributed by atoms with Gasteiger partial charge in [0.25, 0.3) is 5.56 Å². The second-order valence-corrected chi connectivity index (χ2v) is 9.25. The second kappa shape index (κ2) is 9.71. The molecule has 1 aliphatic heterocycles. The predicted molar refractivity (Wildman–Crippen MR) is 131 cm³/mol. The molecule has 0 saturated carbocycles. The molecule has 3 aromatic rings. The standard InChI is InChI=1S/C26H24N2O6S/c1-14(2)34-25(32)21-15(3)27-26-28(22(21)18-6-5-7-19(13-18)33-4)23(29)20(35-26)12-16-8-10-17(11-9-16)24(30)31/h5-14,22H,1-4H3,(H,30,31)/b20-12-/t22-/m1/s1. The molecule has 0 aliphatic carbocycles. The van der Waals surface area contributed by atoms with Crippen molar-refractivity contribution in [2.45, 2.75) is 32.9 Å². The smallest absolute Gasteiger partial charge is 0.338 e. The van der Waals surface area contributed by atoms with Gasteiger partial charge in [-0.15, -0.1) is 0 Å². The quantitative estimate of drug-likeness (QED) is 0.531. The summed E-state index contributed by atoms with van der Waals surface area (Å²) in [7, 11) is 1.55. The first-order valence-corrected chi connectivity index (χ1v) is 11.7. The first-order valence-electron chi connectivity index (χ1n) is 10.9. The van der Waals surface area contributed by atoms with Gasteiger partial charge in [-0.2, -0.15) is 0 Å². The topological polar surface area (TPSA) is 107 Å². The van der Waals surface area contributed by atoms with Crippen molar-refractivity contribution < 1.29 is 24.2 Å². The molecule has 0 unspecified atom stereocenters. The van der Waals surface area contributed by atoms with E-state index in [-0.39, 0.29) is 22.8 Å². The molecule has 9 heteroatoms. The molecule has 8 nitrogen and oxygen atoms in total. The number of carboxylic acids is 1. The van der Waals surface area contributed by atoms with E-state index in [1.54, 1.807) is 64.3 Å². The van der Waals surface area contributed by atoms with Gasteiger partial charge < -0.3 is 14.6 Å². The number of esters is 1. The second-order valence-electron chi connectivity index (χ2n) is 8.24. The summed E-state index contributed by atoms with van der Waals surface area (Å²) in [5.41, 5.74) is 1.97. The lowest BCUT2D eigenvalue weighted by Gasteiger charge is -2.25. The Morgan fingerprint density at radius 2 is 1.89 bits per heavy atom. The lowest BCUT2D eigenvalue weighted by molar-refractivity contribution is -0.143. The number of methoxy groups -OCH3 is 1. The fourth-order valence-electron chi connectivity index (χ4n) is 3.86. The number of hydrogen-bond donors (Lipinski definition) is 1. The Labute approximate surface area is 205 Å². The average molecular weight is 493 g/mol. The molecule has 1 atom stereocenters. The Bertz CT molecular complexity index is 1510. The number of nitrogens with zero attached hydrogens (tertiary/aromatic N) is 2. The highest BCUT2D eigenvalue weighted by Gasteiger charge is 2.34. The SMILES string of the molecule is COc1cccc([C@@H]2C(C(=O)OC(C)C)=C(C)N=c3s/c(=C\c4ccc(C(=O)O)cc4)c(=O)n32)c1. The minimum absolute atomic E-state index is 0.158. The average Bonchev–Trinajstić information content (AvgIpc) is 3.12. The number of ether oxygens (including phenoxy) is 2. The molecule has 0 bridgehead atoms. The lowest BCUT2D eigenvalue weighted by atomic mass is 9.95. The summed E-state index contributed by atoms with van der Waals surface area (Å²) in [5.74, 6) is -0.965. The molecule has 2 aromatic carbocycles. The number of carboxylic acid groups (broad SMARTS) is 1. The number of thiazole rings is 1. The summed E-state index contributed by atoms with van der Waals surface area (Å²) in [6.07, 6.45) is 1.34. The third-order valence-corrected chi connectivity index (χ3v) is 6.43. The molecule has 180 valence electrons. The Morgan fingerprint density at radius 1 is 1.17 bits per heavy atom. The van der Waals surface area contributed by atoms with Gasteiger partial charge in [0.2, 0.25) is 0 Å². The summed E-state index contributed by atoms with van der Waals surface area (Å²) in [6.45, 7) is 5.25. The molecule has 0 radical (unpaired) electrons. The maximum atomic E-state index is 13.6. The van der Waals surface area contributed by atoms with Crippen molar-refractivity contribution in [3.05, 3.63) is 96.2 Å². The van der Waals surface area contributed by atoms with Crippen molar-refractivity contribution in [2.24, 2.45) is 4.99 Å². The molecule has 0 saturated heterocycles. The van der Waals surface area contributed by atoms with Gasteiger partial charge in [-0.25, -0.2) is 14.6 Å². The molecule has 1 N–H and O–H groups in total. The fraction of sp³-hybridized carbons (Fsp3) is 0.231. The summed E-state index contributed by atoms with van der Waals surface area (Å²) in [5, 5.41) is 9.12. The number of aromatic carboxylic acids is 1. The van der Waals surface area contributed by atoms with Crippen LogP contribution in [0, 0.1) is 0 Å². The van der Waals surface area contributed by atoms with Gasteiger partial charge in [0.1, 0.15) is 5.75 Å². The molecule has 0 fully saturated rings. The highest BCUT2D eigenvalue weighted by atomic mass is 32.1. The van der Waals surface area contributed by atoms with E-state index in [4.69, 9.17) is 14.6 Å². The van der Waals surface area contributed by atoms with Gasteiger partial charge in [-0.05, 0) is 62.2 Å². The van der Waals surface area contributed by atoms with Gasteiger partial charge in [-0.3, -0.25) is 9.36 Å². The van der Waals surface area contributed by atoms with Crippen LogP contribution in [0.1, 0.15) is 48.3 Å². The van der Waals surface area contributed by atoms with Crippen molar-refractivity contribution in [3.8, 4) is 5.75 Å². The molecule has 2 heterocycles. The van der Waals surface area contributed by atoms with Crippen LogP contribution in [-0.4, -0.2) is 34.8 Å². The highest BCUT2D eigenvalue weighted by molar-refractivity contribution is 7.07. The molecule has 4 rings (SSSR count). The highest BCUT2D eigenvalue weighted by Crippen LogP contribution is 2.32. The zero-order valence-corrected chi connectivity index (χ0v) is 20.5. The molecule has 0 amide bonds. The number of carbonyl (C=O) groups is 2. The Kier molecular flexibility index (Phi) is 6.70. The minimum atomic E-state index is -1.02. The first-order chi connectivity index (χ1) is 16.7. The van der Waals surface area contributed by atoms with Crippen LogP contribution in [0.3, 0.4) is 0 Å². The first kappa shape index (κ1) is 24.2. The maximum Gasteiger partial charge on any atom is 0.338 e. The van der Waals surface area contributed by atoms with E-state index in [9.17, 15) is 14.4 Å². The summed E-state index contributed by atoms with van der Waals surface area (Å²) < 4.78 is 12.8. The molecular formula is C26H24N2O6S. The third kappa shape index (κ3) is 4.81.